The maximum absolute atomic E-state index is 13.5. The van der Waals surface area contributed by atoms with Crippen molar-refractivity contribution < 1.29 is 38.9 Å². The molecule has 2 saturated heterocycles. The minimum Gasteiger partial charge on any atom is -0.489 e. The number of carbonyl (C=O) groups is 3. The number of carbonyl (C=O) groups excluding carboxylic acids is 3. The lowest BCUT2D eigenvalue weighted by Crippen LogP contribution is -2.52. The molecular formula is C25H27N3O5. The quantitative estimate of drug-likeness (QED) is 0.662. The molecule has 1 N–H and O–H groups in total. The highest BCUT2D eigenvalue weighted by molar-refractivity contribution is 6.05. The number of nitrogens with zero attached hydrogens (tertiary/aromatic N) is 2. The van der Waals surface area contributed by atoms with Crippen molar-refractivity contribution in [2.24, 2.45) is 0 Å². The van der Waals surface area contributed by atoms with Gasteiger partial charge in [-0.25, -0.2) is 0 Å². The monoisotopic (exact) mass is 460 g/mol. The highest BCUT2D eigenvalue weighted by Gasteiger charge is 2.40. The van der Waals surface area contributed by atoms with Gasteiger partial charge >= 0.3 is 0 Å². The van der Waals surface area contributed by atoms with E-state index in [9.17, 15) is 14.4 Å². The maximum atomic E-state index is 13.5. The van der Waals surface area contributed by atoms with E-state index in [4.69, 9.17) is 24.6 Å². The van der Waals surface area contributed by atoms with Crippen molar-refractivity contribution in [2.45, 2.75) is 38.3 Å². The largest absolute Gasteiger partial charge is 0.489 e. The molecule has 0 aromatic heterocycles. The standard InChI is InChI=1S/C25H27N3O5/c29-23-9-8-21(24(30)26-23)28-15-20-19(25(28)31)2-1-3-22(20)33-16-18-6-4-17(5-7-18)14-27-10-12-32-13-11-27/h1-7,21H,8-16H2,(H,26,29,30)/t21-/m0/s1/i8D2,9D2,14D2,15D2,16D2,21D. The first kappa shape index (κ1) is 12.3. The lowest BCUT2D eigenvalue weighted by molar-refractivity contribution is -0.136. The van der Waals surface area contributed by atoms with Crippen molar-refractivity contribution in [3.05, 3.63) is 64.7 Å². The zero-order chi connectivity index (χ0) is 32.7. The van der Waals surface area contributed by atoms with E-state index in [1.807, 2.05) is 0 Å². The molecule has 3 aliphatic rings. The summed E-state index contributed by atoms with van der Waals surface area (Å²) in [6.45, 7) is -6.34. The predicted molar refractivity (Wildman–Crippen MR) is 119 cm³/mol. The first-order valence-electron chi connectivity index (χ1n) is 15.7. The van der Waals surface area contributed by atoms with Gasteiger partial charge in [0, 0.05) is 45.3 Å². The lowest BCUT2D eigenvalue weighted by atomic mass is 10.0. The van der Waals surface area contributed by atoms with Gasteiger partial charge in [-0.3, -0.25) is 24.6 Å². The predicted octanol–water partition coefficient (Wildman–Crippen LogP) is 1.86. The van der Waals surface area contributed by atoms with E-state index in [1.54, 1.807) is 4.90 Å². The van der Waals surface area contributed by atoms with Gasteiger partial charge in [0.25, 0.3) is 5.91 Å². The molecule has 3 amide bonds. The topological polar surface area (TPSA) is 88.2 Å². The molecule has 33 heavy (non-hydrogen) atoms. The summed E-state index contributed by atoms with van der Waals surface area (Å²) < 4.78 is 104. The Morgan fingerprint density at radius 1 is 1.12 bits per heavy atom. The molecule has 8 nitrogen and oxygen atoms in total. The first-order chi connectivity index (χ1) is 20.2. The second-order valence-corrected chi connectivity index (χ2v) is 7.31. The lowest BCUT2D eigenvalue weighted by Gasteiger charge is -2.29. The summed E-state index contributed by atoms with van der Waals surface area (Å²) in [4.78, 5) is 40.0. The van der Waals surface area contributed by atoms with Gasteiger partial charge in [-0.05, 0) is 29.6 Å². The normalized spacial score (nSPS) is 33.8. The minimum atomic E-state index is -3.73. The Morgan fingerprint density at radius 2 is 1.88 bits per heavy atom. The molecule has 1 atom stereocenters. The van der Waals surface area contributed by atoms with Crippen LogP contribution in [0.2, 0.25) is 0 Å². The molecule has 2 aromatic rings. The third-order valence-corrected chi connectivity index (χ3v) is 5.11. The second kappa shape index (κ2) is 9.33. The molecule has 0 unspecified atom stereocenters. The summed E-state index contributed by atoms with van der Waals surface area (Å²) in [5, 5.41) is 1.52. The molecule has 8 heteroatoms. The number of piperidine rings is 1. The number of hydrogen-bond acceptors (Lipinski definition) is 6. The molecule has 0 saturated carbocycles. The van der Waals surface area contributed by atoms with Gasteiger partial charge in [0.15, 0.2) is 0 Å². The molecule has 172 valence electrons. The summed E-state index contributed by atoms with van der Waals surface area (Å²) in [6.07, 6.45) is -7.25. The van der Waals surface area contributed by atoms with Crippen molar-refractivity contribution in [1.29, 1.82) is 0 Å². The van der Waals surface area contributed by atoms with E-state index < -0.39 is 72.9 Å². The molecular weight excluding hydrogens is 422 g/mol. The summed E-state index contributed by atoms with van der Waals surface area (Å²) in [5.41, 5.74) is -0.979. The maximum Gasteiger partial charge on any atom is 0.255 e. The smallest absolute Gasteiger partial charge is 0.255 e. The Morgan fingerprint density at radius 3 is 2.67 bits per heavy atom. The summed E-state index contributed by atoms with van der Waals surface area (Å²) in [7, 11) is 0. The van der Waals surface area contributed by atoms with Crippen LogP contribution in [0.3, 0.4) is 0 Å². The van der Waals surface area contributed by atoms with Crippen LogP contribution in [-0.2, 0) is 33.9 Å². The van der Waals surface area contributed by atoms with Crippen molar-refractivity contribution in [3.63, 3.8) is 0 Å². The van der Waals surface area contributed by atoms with Crippen LogP contribution < -0.4 is 10.1 Å². The number of rotatable bonds is 6. The van der Waals surface area contributed by atoms with Gasteiger partial charge in [0.2, 0.25) is 11.8 Å². The molecule has 5 rings (SSSR count). The van der Waals surface area contributed by atoms with Crippen molar-refractivity contribution >= 4 is 17.7 Å². The number of ether oxygens (including phenoxy) is 2. The fourth-order valence-electron chi connectivity index (χ4n) is 3.46. The minimum absolute atomic E-state index is 0.0926. The average molecular weight is 461 g/mol. The number of nitrogens with one attached hydrogen (secondary N) is 1. The van der Waals surface area contributed by atoms with E-state index >= 15 is 0 Å². The Kier molecular flexibility index (Phi) is 3.48. The number of hydrogen-bond donors (Lipinski definition) is 1. The Balaban J connectivity index is 1.49. The van der Waals surface area contributed by atoms with Crippen LogP contribution in [0.25, 0.3) is 0 Å². The van der Waals surface area contributed by atoms with Gasteiger partial charge < -0.3 is 14.4 Å². The van der Waals surface area contributed by atoms with Crippen LogP contribution in [0.4, 0.5) is 0 Å². The van der Waals surface area contributed by atoms with Crippen LogP contribution in [0.1, 0.15) is 54.9 Å². The third-order valence-electron chi connectivity index (χ3n) is 5.11. The van der Waals surface area contributed by atoms with Gasteiger partial charge in [0.05, 0.1) is 26.6 Å². The van der Waals surface area contributed by atoms with Gasteiger partial charge in [-0.2, -0.15) is 0 Å². The third kappa shape index (κ3) is 4.62. The van der Waals surface area contributed by atoms with Crippen molar-refractivity contribution in [1.82, 2.24) is 15.1 Å². The SMILES string of the molecule is [2H]C([2H])(Oc1cccc2c1C([2H])([2H])N([C@]1([2H])C(=O)NC(=O)C([2H])([2H])C1([2H])[2H])C2=O)c1ccc(C([2H])([2H])N2CCOCC2)cc1. The molecule has 2 fully saturated rings. The van der Waals surface area contributed by atoms with Crippen LogP contribution >= 0.6 is 0 Å². The van der Waals surface area contributed by atoms with E-state index in [-0.39, 0.29) is 16.0 Å². The Labute approximate surface area is 207 Å². The van der Waals surface area contributed by atoms with E-state index in [1.165, 1.54) is 35.6 Å². The van der Waals surface area contributed by atoms with Crippen LogP contribution in [0.15, 0.2) is 42.5 Å². The Bertz CT molecular complexity index is 1530. The number of morpholine rings is 1. The number of benzene rings is 2. The molecule has 3 aliphatic heterocycles. The fourth-order valence-corrected chi connectivity index (χ4v) is 3.46. The number of fused-ring (bicyclic) bond motifs is 1. The zero-order valence-electron chi connectivity index (χ0n) is 28.3. The molecule has 2 aromatic carbocycles. The molecule has 3 heterocycles. The summed E-state index contributed by atoms with van der Waals surface area (Å²) in [6, 6.07) is 5.19. The van der Waals surface area contributed by atoms with Gasteiger partial charge in [-0.1, -0.05) is 30.3 Å². The summed E-state index contributed by atoms with van der Waals surface area (Å²) >= 11 is 0. The highest BCUT2D eigenvalue weighted by Crippen LogP contribution is 2.34. The van der Waals surface area contributed by atoms with E-state index in [0.29, 0.717) is 26.3 Å². The molecule has 0 bridgehead atoms. The highest BCUT2D eigenvalue weighted by atomic mass is 16.5. The molecule has 0 aliphatic carbocycles. The van der Waals surface area contributed by atoms with E-state index in [0.717, 1.165) is 12.1 Å². The van der Waals surface area contributed by atoms with Gasteiger partial charge in [-0.15, -0.1) is 0 Å². The van der Waals surface area contributed by atoms with Crippen molar-refractivity contribution in [2.75, 3.05) is 26.3 Å². The Hall–Kier alpha value is -3.23. The zero-order valence-corrected chi connectivity index (χ0v) is 17.3. The van der Waals surface area contributed by atoms with Crippen LogP contribution in [0, 0.1) is 0 Å². The molecule has 0 spiro atoms. The van der Waals surface area contributed by atoms with Crippen molar-refractivity contribution in [3.8, 4) is 5.75 Å². The van der Waals surface area contributed by atoms with Crippen LogP contribution in [-0.4, -0.2) is 59.8 Å². The molecule has 0 radical (unpaired) electrons. The number of imide groups is 1. The second-order valence-electron chi connectivity index (χ2n) is 7.31. The average Bonchev–Trinajstić information content (AvgIpc) is 3.17. The summed E-state index contributed by atoms with van der Waals surface area (Å²) in [5.74, 6) is -5.37. The van der Waals surface area contributed by atoms with Crippen LogP contribution in [0.5, 0.6) is 5.75 Å². The van der Waals surface area contributed by atoms with E-state index in [2.05, 4.69) is 0 Å². The number of amides is 3. The fraction of sp³-hybridized carbons (Fsp3) is 0.400. The van der Waals surface area contributed by atoms with Gasteiger partial charge in [0.1, 0.15) is 18.3 Å². The first-order valence-corrected chi connectivity index (χ1v) is 10.2.